The Morgan fingerprint density at radius 3 is 3.04 bits per heavy atom. The van der Waals surface area contributed by atoms with Crippen LogP contribution in [0.4, 0.5) is 5.69 Å². The van der Waals surface area contributed by atoms with E-state index in [1.807, 2.05) is 0 Å². The number of benzene rings is 1. The van der Waals surface area contributed by atoms with Gasteiger partial charge in [-0.3, -0.25) is 4.79 Å². The van der Waals surface area contributed by atoms with Crippen molar-refractivity contribution in [1.82, 2.24) is 5.32 Å². The summed E-state index contributed by atoms with van der Waals surface area (Å²) in [5.41, 5.74) is 2.59. The first-order valence-corrected chi connectivity index (χ1v) is 8.80. The van der Waals surface area contributed by atoms with E-state index in [1.54, 1.807) is 0 Å². The zero-order valence-corrected chi connectivity index (χ0v) is 14.3. The van der Waals surface area contributed by atoms with Crippen LogP contribution in [0, 0.1) is 5.92 Å². The van der Waals surface area contributed by atoms with Gasteiger partial charge in [0.2, 0.25) is 5.91 Å². The van der Waals surface area contributed by atoms with Crippen molar-refractivity contribution < 1.29 is 9.53 Å². The average molecular weight is 316 g/mol. The molecule has 0 saturated carbocycles. The Balaban J connectivity index is 1.49. The molecule has 126 valence electrons. The average Bonchev–Trinajstić information content (AvgIpc) is 2.54. The van der Waals surface area contributed by atoms with Crippen LogP contribution in [0.2, 0.25) is 0 Å². The lowest BCUT2D eigenvalue weighted by Gasteiger charge is -2.35. The molecule has 3 rings (SSSR count). The van der Waals surface area contributed by atoms with Crippen LogP contribution < -0.4 is 10.2 Å². The van der Waals surface area contributed by atoms with E-state index in [1.165, 1.54) is 17.7 Å². The largest absolute Gasteiger partial charge is 0.376 e. The van der Waals surface area contributed by atoms with Crippen molar-refractivity contribution in [2.45, 2.75) is 45.1 Å². The second kappa shape index (κ2) is 6.91. The van der Waals surface area contributed by atoms with E-state index in [2.05, 4.69) is 48.3 Å². The molecule has 0 aliphatic carbocycles. The Hall–Kier alpha value is -1.55. The minimum Gasteiger partial charge on any atom is -0.376 e. The van der Waals surface area contributed by atoms with Gasteiger partial charge < -0.3 is 15.0 Å². The zero-order chi connectivity index (χ0) is 16.3. The fourth-order valence-electron chi connectivity index (χ4n) is 3.76. The maximum atomic E-state index is 12.4. The number of anilines is 1. The molecule has 23 heavy (non-hydrogen) atoms. The van der Waals surface area contributed by atoms with Crippen molar-refractivity contribution in [2.24, 2.45) is 5.92 Å². The molecule has 2 heterocycles. The Labute approximate surface area is 139 Å². The Kier molecular flexibility index (Phi) is 4.90. The van der Waals surface area contributed by atoms with E-state index in [4.69, 9.17) is 4.74 Å². The molecule has 0 radical (unpaired) electrons. The molecule has 1 amide bonds. The Morgan fingerprint density at radius 2 is 2.22 bits per heavy atom. The van der Waals surface area contributed by atoms with Gasteiger partial charge in [-0.15, -0.1) is 0 Å². The third-order valence-electron chi connectivity index (χ3n) is 4.96. The number of ether oxygens (including phenoxy) is 1. The second-order valence-corrected chi connectivity index (χ2v) is 7.31. The minimum atomic E-state index is -0.175. The van der Waals surface area contributed by atoms with Crippen molar-refractivity contribution in [3.8, 4) is 0 Å². The van der Waals surface area contributed by atoms with Crippen LogP contribution in [0.5, 0.6) is 0 Å². The number of amides is 1. The maximum absolute atomic E-state index is 12.4. The summed E-state index contributed by atoms with van der Waals surface area (Å²) < 4.78 is 5.70. The third-order valence-corrected chi connectivity index (χ3v) is 4.96. The van der Waals surface area contributed by atoms with Gasteiger partial charge in [-0.25, -0.2) is 0 Å². The smallest absolute Gasteiger partial charge is 0.223 e. The number of carbonyl (C=O) groups excluding carboxylic acids is 1. The predicted molar refractivity (Wildman–Crippen MR) is 92.7 cm³/mol. The standard InChI is InChI=1S/C19H28N2O2/c1-19(2)14-16(9-13-23-19)18(22)20-10-12-21-11-5-7-15-6-3-4-8-17(15)21/h3-4,6,8,16H,5,7,9-14H2,1-2H3,(H,20,22)/t16-/m1/s1. The van der Waals surface area contributed by atoms with Crippen molar-refractivity contribution in [3.63, 3.8) is 0 Å². The number of rotatable bonds is 4. The lowest BCUT2D eigenvalue weighted by molar-refractivity contribution is -0.135. The minimum absolute atomic E-state index is 0.0902. The van der Waals surface area contributed by atoms with E-state index < -0.39 is 0 Å². The summed E-state index contributed by atoms with van der Waals surface area (Å²) in [6.45, 7) is 7.50. The monoisotopic (exact) mass is 316 g/mol. The molecular weight excluding hydrogens is 288 g/mol. The van der Waals surface area contributed by atoms with Gasteiger partial charge in [0.25, 0.3) is 0 Å². The van der Waals surface area contributed by atoms with Crippen LogP contribution in [0.1, 0.15) is 38.7 Å². The van der Waals surface area contributed by atoms with Crippen LogP contribution in [0.3, 0.4) is 0 Å². The number of para-hydroxylation sites is 1. The summed E-state index contributed by atoms with van der Waals surface area (Å²) in [5.74, 6) is 0.277. The molecule has 2 aliphatic heterocycles. The van der Waals surface area contributed by atoms with E-state index in [0.717, 1.165) is 32.4 Å². The van der Waals surface area contributed by atoms with Crippen LogP contribution in [0.25, 0.3) is 0 Å². The van der Waals surface area contributed by atoms with Crippen molar-refractivity contribution in [3.05, 3.63) is 29.8 Å². The molecular formula is C19H28N2O2. The van der Waals surface area contributed by atoms with Gasteiger partial charge in [0.15, 0.2) is 0 Å². The number of nitrogens with one attached hydrogen (secondary N) is 1. The lowest BCUT2D eigenvalue weighted by atomic mass is 9.88. The molecule has 0 aromatic heterocycles. The first-order chi connectivity index (χ1) is 11.1. The Bertz CT molecular complexity index is 556. The summed E-state index contributed by atoms with van der Waals surface area (Å²) in [5, 5.41) is 3.13. The van der Waals surface area contributed by atoms with E-state index in [9.17, 15) is 4.79 Å². The van der Waals surface area contributed by atoms with Crippen LogP contribution in [0.15, 0.2) is 24.3 Å². The highest BCUT2D eigenvalue weighted by molar-refractivity contribution is 5.78. The number of aryl methyl sites for hydroxylation is 1. The number of nitrogens with zero attached hydrogens (tertiary/aromatic N) is 1. The molecule has 2 aliphatic rings. The molecule has 1 N–H and O–H groups in total. The number of fused-ring (bicyclic) bond motifs is 1. The fraction of sp³-hybridized carbons (Fsp3) is 0.632. The maximum Gasteiger partial charge on any atom is 0.223 e. The normalized spacial score (nSPS) is 23.2. The fourth-order valence-corrected chi connectivity index (χ4v) is 3.76. The van der Waals surface area contributed by atoms with E-state index in [-0.39, 0.29) is 17.4 Å². The molecule has 1 saturated heterocycles. The molecule has 0 unspecified atom stereocenters. The van der Waals surface area contributed by atoms with Crippen molar-refractivity contribution in [1.29, 1.82) is 0 Å². The topological polar surface area (TPSA) is 41.6 Å². The van der Waals surface area contributed by atoms with Gasteiger partial charge in [0.1, 0.15) is 0 Å². The summed E-state index contributed by atoms with van der Waals surface area (Å²) in [4.78, 5) is 14.8. The van der Waals surface area contributed by atoms with Gasteiger partial charge in [-0.1, -0.05) is 18.2 Å². The highest BCUT2D eigenvalue weighted by Crippen LogP contribution is 2.29. The summed E-state index contributed by atoms with van der Waals surface area (Å²) in [7, 11) is 0. The molecule has 0 bridgehead atoms. The molecule has 1 fully saturated rings. The molecule has 1 aromatic rings. The zero-order valence-electron chi connectivity index (χ0n) is 14.3. The number of hydrogen-bond donors (Lipinski definition) is 1. The van der Waals surface area contributed by atoms with Crippen molar-refractivity contribution >= 4 is 11.6 Å². The molecule has 1 atom stereocenters. The molecule has 1 aromatic carbocycles. The van der Waals surface area contributed by atoms with Crippen LogP contribution >= 0.6 is 0 Å². The summed E-state index contributed by atoms with van der Waals surface area (Å²) >= 11 is 0. The molecule has 4 nitrogen and oxygen atoms in total. The van der Waals surface area contributed by atoms with E-state index >= 15 is 0 Å². The first-order valence-electron chi connectivity index (χ1n) is 8.80. The van der Waals surface area contributed by atoms with Gasteiger partial charge in [0.05, 0.1) is 5.60 Å². The van der Waals surface area contributed by atoms with Gasteiger partial charge in [0, 0.05) is 37.8 Å². The highest BCUT2D eigenvalue weighted by atomic mass is 16.5. The number of carbonyl (C=O) groups is 1. The van der Waals surface area contributed by atoms with E-state index in [0.29, 0.717) is 13.2 Å². The van der Waals surface area contributed by atoms with Crippen LogP contribution in [-0.4, -0.2) is 37.7 Å². The summed E-state index contributed by atoms with van der Waals surface area (Å²) in [6.07, 6.45) is 4.00. The lowest BCUT2D eigenvalue weighted by Crippen LogP contribution is -2.44. The van der Waals surface area contributed by atoms with Gasteiger partial charge in [-0.05, 0) is 51.2 Å². The number of hydrogen-bond acceptors (Lipinski definition) is 3. The predicted octanol–water partition coefficient (Wildman–Crippen LogP) is 2.76. The first kappa shape index (κ1) is 16.3. The molecule has 4 heteroatoms. The van der Waals surface area contributed by atoms with Crippen molar-refractivity contribution in [2.75, 3.05) is 31.1 Å². The third kappa shape index (κ3) is 4.05. The second-order valence-electron chi connectivity index (χ2n) is 7.31. The summed E-state index contributed by atoms with van der Waals surface area (Å²) in [6, 6.07) is 8.61. The SMILES string of the molecule is CC1(C)C[C@H](C(=O)NCCN2CCCc3ccccc32)CCO1. The quantitative estimate of drug-likeness (QED) is 0.929. The van der Waals surface area contributed by atoms with Gasteiger partial charge >= 0.3 is 0 Å². The molecule has 0 spiro atoms. The highest BCUT2D eigenvalue weighted by Gasteiger charge is 2.32. The van der Waals surface area contributed by atoms with Gasteiger partial charge in [-0.2, -0.15) is 0 Å². The van der Waals surface area contributed by atoms with Crippen LogP contribution in [-0.2, 0) is 16.0 Å². The Morgan fingerprint density at radius 1 is 1.39 bits per heavy atom.